The number of aliphatic hydroxyl groups is 1. The first-order chi connectivity index (χ1) is 20.5. The Bertz CT molecular complexity index is 1360. The molecule has 3 aliphatic heterocycles. The maximum atomic E-state index is 14.6. The molecule has 2 amide bonds. The minimum absolute atomic E-state index is 0.0113. The first-order valence-corrected chi connectivity index (χ1v) is 18.3. The number of carbonyl (C=O) groups excluding carboxylic acids is 3. The summed E-state index contributed by atoms with van der Waals surface area (Å²) in [4.78, 5) is 54.0. The summed E-state index contributed by atoms with van der Waals surface area (Å²) in [5.41, 5.74) is 1.35. The number of hydrogen-bond donors (Lipinski definition) is 2. The number of aromatic nitrogens is 3. The van der Waals surface area contributed by atoms with Crippen molar-refractivity contribution < 1.29 is 33.8 Å². The number of hydrogen-bond acceptors (Lipinski definition) is 9. The average Bonchev–Trinajstić information content (AvgIpc) is 3.72. The van der Waals surface area contributed by atoms with Gasteiger partial charge in [-0.1, -0.05) is 12.1 Å². The molecular formula is C30H43N5O7Si. The van der Waals surface area contributed by atoms with Gasteiger partial charge in [-0.05, 0) is 57.0 Å². The van der Waals surface area contributed by atoms with Crippen molar-refractivity contribution in [3.8, 4) is 0 Å². The van der Waals surface area contributed by atoms with E-state index in [0.717, 1.165) is 23.4 Å². The number of aryl methyl sites for hydroxylation is 1. The van der Waals surface area contributed by atoms with Gasteiger partial charge in [-0.25, -0.2) is 0 Å². The highest BCUT2D eigenvalue weighted by Crippen LogP contribution is 2.60. The minimum Gasteiger partial charge on any atom is -0.469 e. The van der Waals surface area contributed by atoms with Crippen molar-refractivity contribution in [3.05, 3.63) is 35.7 Å². The third kappa shape index (κ3) is 5.87. The Morgan fingerprint density at radius 1 is 1.23 bits per heavy atom. The second-order valence-corrected chi connectivity index (χ2v) is 16.4. The van der Waals surface area contributed by atoms with Gasteiger partial charge in [0.25, 0.3) is 5.91 Å². The lowest BCUT2D eigenvalue weighted by atomic mass is 9.82. The molecule has 4 atom stereocenters. The predicted octanol–water partition coefficient (Wildman–Crippen LogP) is 2.52. The van der Waals surface area contributed by atoms with Crippen molar-refractivity contribution in [2.24, 2.45) is 5.92 Å². The molecule has 234 valence electrons. The van der Waals surface area contributed by atoms with Gasteiger partial charge in [-0.15, -0.1) is 5.10 Å². The molecule has 43 heavy (non-hydrogen) atoms. The minimum atomic E-state index is -2.85. The molecule has 0 aliphatic carbocycles. The number of esters is 1. The molecule has 3 aliphatic rings. The van der Waals surface area contributed by atoms with Crippen molar-refractivity contribution in [2.75, 3.05) is 36.6 Å². The lowest BCUT2D eigenvalue weighted by Gasteiger charge is -2.32. The second kappa shape index (κ2) is 12.5. The zero-order valence-corrected chi connectivity index (χ0v) is 26.5. The predicted molar refractivity (Wildman–Crippen MR) is 161 cm³/mol. The highest BCUT2D eigenvalue weighted by atomic mass is 28.4. The van der Waals surface area contributed by atoms with Gasteiger partial charge in [0.1, 0.15) is 0 Å². The second-order valence-electron chi connectivity index (χ2n) is 12.4. The third-order valence-electron chi connectivity index (χ3n) is 9.19. The van der Waals surface area contributed by atoms with Crippen molar-refractivity contribution in [3.63, 3.8) is 0 Å². The van der Waals surface area contributed by atoms with Crippen LogP contribution < -0.4 is 9.80 Å². The van der Waals surface area contributed by atoms with Crippen LogP contribution >= 0.6 is 0 Å². The molecule has 13 heteroatoms. The van der Waals surface area contributed by atoms with Crippen molar-refractivity contribution in [2.45, 2.75) is 88.8 Å². The molecule has 0 bridgehead atoms. The van der Waals surface area contributed by atoms with Crippen molar-refractivity contribution in [1.29, 1.82) is 0 Å². The molecule has 0 radical (unpaired) electrons. The smallest absolute Gasteiger partial charge is 0.305 e. The summed E-state index contributed by atoms with van der Waals surface area (Å²) >= 11 is 0. The molecule has 4 heterocycles. The Balaban J connectivity index is 1.49. The van der Waals surface area contributed by atoms with E-state index in [2.05, 4.69) is 10.3 Å². The highest BCUT2D eigenvalue weighted by molar-refractivity contribution is 6.71. The number of unbranched alkanes of at least 4 members (excludes halogenated alkanes) is 1. The van der Waals surface area contributed by atoms with E-state index in [4.69, 9.17) is 9.47 Å². The van der Waals surface area contributed by atoms with E-state index in [9.17, 15) is 24.3 Å². The van der Waals surface area contributed by atoms with Crippen LogP contribution in [0.2, 0.25) is 18.6 Å². The van der Waals surface area contributed by atoms with Crippen LogP contribution in [0.3, 0.4) is 0 Å². The van der Waals surface area contributed by atoms with Gasteiger partial charge in [0.05, 0.1) is 24.6 Å². The Hall–Kier alpha value is -3.13. The van der Waals surface area contributed by atoms with Gasteiger partial charge >= 0.3 is 5.97 Å². The van der Waals surface area contributed by atoms with Crippen molar-refractivity contribution in [1.82, 2.24) is 15.0 Å². The van der Waals surface area contributed by atoms with Crippen LogP contribution in [0, 0.1) is 5.92 Å². The molecule has 2 N–H and O–H groups in total. The quantitative estimate of drug-likeness (QED) is 0.209. The van der Waals surface area contributed by atoms with Gasteiger partial charge in [-0.2, -0.15) is 0 Å². The molecule has 1 aromatic heterocycles. The fraction of sp³-hybridized carbons (Fsp3) is 0.633. The summed E-state index contributed by atoms with van der Waals surface area (Å²) in [5, 5.41) is 17.5. The molecule has 0 unspecified atom stereocenters. The number of aliphatic hydroxyl groups excluding tert-OH is 1. The number of carbonyl (C=O) groups is 3. The number of methoxy groups -OCH3 is 1. The van der Waals surface area contributed by atoms with E-state index in [1.165, 1.54) is 7.11 Å². The van der Waals surface area contributed by atoms with Gasteiger partial charge in [0.2, 0.25) is 5.91 Å². The van der Waals surface area contributed by atoms with E-state index >= 15 is 0 Å². The normalized spacial score (nSPS) is 25.3. The molecule has 0 saturated carbocycles. The standard InChI is InChI=1S/C30H43N5O7Si/c1-20-28(43(3,4)40)25(12-16-33-19-21(13-17-36)31-32-33)42-30(20)23-18-22(34-15-7-8-26(34)37)10-11-24(23)35(29(30)39)14-6-5-9-27(38)41-2/h10-11,18-20,25,28,36,40H,5-9,12-17H2,1-4H3/t20-,25+,28-,30+/m0/s1. The molecule has 1 spiro atoms. The molecule has 1 aromatic carbocycles. The number of ether oxygens (including phenoxy) is 2. The number of amides is 2. The molecule has 2 aromatic rings. The number of fused-ring (bicyclic) bond motifs is 2. The van der Waals surface area contributed by atoms with Gasteiger partial charge in [-0.3, -0.25) is 19.1 Å². The Kier molecular flexibility index (Phi) is 9.07. The molecule has 5 rings (SSSR count). The number of nitrogens with zero attached hydrogens (tertiary/aromatic N) is 5. The van der Waals surface area contributed by atoms with Crippen LogP contribution in [-0.2, 0) is 42.4 Å². The largest absolute Gasteiger partial charge is 0.469 e. The summed E-state index contributed by atoms with van der Waals surface area (Å²) in [7, 11) is -1.49. The maximum absolute atomic E-state index is 14.6. The Labute approximate surface area is 253 Å². The van der Waals surface area contributed by atoms with Gasteiger partial charge < -0.3 is 29.2 Å². The van der Waals surface area contributed by atoms with Crippen LogP contribution in [0.25, 0.3) is 0 Å². The summed E-state index contributed by atoms with van der Waals surface area (Å²) in [5.74, 6) is -0.726. The summed E-state index contributed by atoms with van der Waals surface area (Å²) in [6, 6.07) is 5.73. The first-order valence-electron chi connectivity index (χ1n) is 15.2. The summed E-state index contributed by atoms with van der Waals surface area (Å²) in [6.45, 7) is 7.29. The summed E-state index contributed by atoms with van der Waals surface area (Å²) < 4.78 is 13.4. The first kappa shape index (κ1) is 31.3. The van der Waals surface area contributed by atoms with E-state index < -0.39 is 20.0 Å². The van der Waals surface area contributed by atoms with Crippen LogP contribution in [0.1, 0.15) is 56.7 Å². The van der Waals surface area contributed by atoms with Crippen LogP contribution in [0.5, 0.6) is 0 Å². The molecule has 2 saturated heterocycles. The monoisotopic (exact) mass is 613 g/mol. The topological polar surface area (TPSA) is 147 Å². The Morgan fingerprint density at radius 3 is 2.70 bits per heavy atom. The van der Waals surface area contributed by atoms with E-state index in [1.807, 2.05) is 38.2 Å². The van der Waals surface area contributed by atoms with Crippen LogP contribution in [0.15, 0.2) is 24.4 Å². The lowest BCUT2D eigenvalue weighted by molar-refractivity contribution is -0.146. The molecule has 2 fully saturated rings. The Morgan fingerprint density at radius 2 is 2.02 bits per heavy atom. The van der Waals surface area contributed by atoms with Gasteiger partial charge in [0, 0.05) is 74.4 Å². The molecule has 12 nitrogen and oxygen atoms in total. The van der Waals surface area contributed by atoms with E-state index in [-0.39, 0.29) is 42.3 Å². The zero-order chi connectivity index (χ0) is 30.9. The van der Waals surface area contributed by atoms with Gasteiger partial charge in [0.15, 0.2) is 13.9 Å². The molecular weight excluding hydrogens is 570 g/mol. The van der Waals surface area contributed by atoms with Crippen LogP contribution in [-0.4, -0.2) is 83.9 Å². The van der Waals surface area contributed by atoms with E-state index in [1.54, 1.807) is 20.7 Å². The summed E-state index contributed by atoms with van der Waals surface area (Å²) in [6.07, 6.45) is 5.06. The highest BCUT2D eigenvalue weighted by Gasteiger charge is 2.66. The maximum Gasteiger partial charge on any atom is 0.305 e. The average molecular weight is 614 g/mol. The fourth-order valence-electron chi connectivity index (χ4n) is 7.22. The van der Waals surface area contributed by atoms with Crippen LogP contribution in [0.4, 0.5) is 11.4 Å². The van der Waals surface area contributed by atoms with E-state index in [0.29, 0.717) is 57.4 Å². The SMILES string of the molecule is COC(=O)CCCCN1C(=O)[C@]2(O[C@H](CCn3cc(CCO)nn3)[C@@H]([Si](C)(C)O)[C@@H]2C)c2cc(N3CCCC3=O)ccc21. The third-order valence-corrected chi connectivity index (χ3v) is 11.7. The number of anilines is 2. The number of rotatable bonds is 12. The van der Waals surface area contributed by atoms with Crippen molar-refractivity contribution >= 4 is 37.5 Å². The lowest BCUT2D eigenvalue weighted by Crippen LogP contribution is -2.46. The number of benzene rings is 1. The zero-order valence-electron chi connectivity index (χ0n) is 25.5. The fourth-order valence-corrected chi connectivity index (χ4v) is 9.83.